The number of likely N-dealkylation sites (tertiary alicyclic amines) is 1. The molecule has 0 radical (unpaired) electrons. The SMILES string of the molecule is CSCc1c(C(=O)N(CC(C)C)[C@H]2C[C@@H](C(=O)N3CCOCC3)CN(C(=O)O)C2C(C)(C)C)nnn1-c1ccccc1F. The van der Waals surface area contributed by atoms with E-state index in [0.717, 1.165) is 0 Å². The number of para-hydroxylation sites is 1. The van der Waals surface area contributed by atoms with Gasteiger partial charge in [-0.3, -0.25) is 9.59 Å². The summed E-state index contributed by atoms with van der Waals surface area (Å²) in [7, 11) is 0. The van der Waals surface area contributed by atoms with Crippen molar-refractivity contribution in [2.24, 2.45) is 17.3 Å². The molecule has 2 aliphatic rings. The highest BCUT2D eigenvalue weighted by Gasteiger charge is 2.50. The van der Waals surface area contributed by atoms with E-state index in [1.54, 1.807) is 28.0 Å². The van der Waals surface area contributed by atoms with Crippen LogP contribution >= 0.6 is 11.8 Å². The highest BCUT2D eigenvalue weighted by molar-refractivity contribution is 7.97. The van der Waals surface area contributed by atoms with Crippen LogP contribution in [0.15, 0.2) is 24.3 Å². The lowest BCUT2D eigenvalue weighted by Crippen LogP contribution is -2.66. The van der Waals surface area contributed by atoms with Crippen molar-refractivity contribution >= 4 is 29.7 Å². The Hall–Kier alpha value is -3.19. The molecule has 2 aliphatic heterocycles. The number of amides is 3. The molecule has 3 atom stereocenters. The fourth-order valence-electron chi connectivity index (χ4n) is 6.26. The summed E-state index contributed by atoms with van der Waals surface area (Å²) >= 11 is 1.46. The number of thioether (sulfide) groups is 1. The molecule has 2 aromatic rings. The summed E-state index contributed by atoms with van der Waals surface area (Å²) in [6.45, 7) is 12.0. The second-order valence-corrected chi connectivity index (χ2v) is 13.6. The normalized spacial score (nSPS) is 21.3. The Morgan fingerprint density at radius 2 is 1.86 bits per heavy atom. The van der Waals surface area contributed by atoms with Gasteiger partial charge < -0.3 is 24.5 Å². The number of hydrogen-bond acceptors (Lipinski definition) is 7. The molecular formula is C30H43FN6O5S. The van der Waals surface area contributed by atoms with E-state index in [2.05, 4.69) is 10.3 Å². The lowest BCUT2D eigenvalue weighted by molar-refractivity contribution is -0.144. The average Bonchev–Trinajstić information content (AvgIpc) is 3.38. The van der Waals surface area contributed by atoms with E-state index < -0.39 is 41.2 Å². The van der Waals surface area contributed by atoms with Gasteiger partial charge in [0.1, 0.15) is 11.5 Å². The second-order valence-electron chi connectivity index (χ2n) is 12.7. The molecule has 1 aromatic carbocycles. The summed E-state index contributed by atoms with van der Waals surface area (Å²) in [4.78, 5) is 45.8. The zero-order chi connectivity index (χ0) is 31.5. The molecular weight excluding hydrogens is 575 g/mol. The maximum atomic E-state index is 14.8. The maximum Gasteiger partial charge on any atom is 0.407 e. The van der Waals surface area contributed by atoms with Crippen LogP contribution in [0.25, 0.3) is 5.69 Å². The van der Waals surface area contributed by atoms with Crippen LogP contribution in [0.5, 0.6) is 0 Å². The van der Waals surface area contributed by atoms with E-state index in [4.69, 9.17) is 4.74 Å². The van der Waals surface area contributed by atoms with Crippen LogP contribution < -0.4 is 0 Å². The number of ether oxygens (including phenoxy) is 1. The van der Waals surface area contributed by atoms with Gasteiger partial charge in [0.15, 0.2) is 5.69 Å². The van der Waals surface area contributed by atoms with Crippen molar-refractivity contribution in [2.75, 3.05) is 45.6 Å². The predicted molar refractivity (Wildman–Crippen MR) is 162 cm³/mol. The molecule has 4 rings (SSSR count). The number of carboxylic acid groups (broad SMARTS) is 1. The molecule has 13 heteroatoms. The Bertz CT molecular complexity index is 1310. The van der Waals surface area contributed by atoms with Crippen LogP contribution in [0.3, 0.4) is 0 Å². The molecule has 0 saturated carbocycles. The van der Waals surface area contributed by atoms with Gasteiger partial charge in [-0.1, -0.05) is 52.0 Å². The predicted octanol–water partition coefficient (Wildman–Crippen LogP) is 4.01. The largest absolute Gasteiger partial charge is 0.465 e. The Labute approximate surface area is 256 Å². The molecule has 43 heavy (non-hydrogen) atoms. The van der Waals surface area contributed by atoms with Crippen LogP contribution in [0, 0.1) is 23.1 Å². The number of rotatable bonds is 8. The van der Waals surface area contributed by atoms with Crippen molar-refractivity contribution in [3.63, 3.8) is 0 Å². The van der Waals surface area contributed by atoms with Crippen molar-refractivity contribution in [1.82, 2.24) is 29.7 Å². The number of hydrogen-bond donors (Lipinski definition) is 1. The van der Waals surface area contributed by atoms with E-state index in [1.807, 2.05) is 40.9 Å². The first-order chi connectivity index (χ1) is 20.3. The summed E-state index contributed by atoms with van der Waals surface area (Å²) in [6, 6.07) is 4.98. The van der Waals surface area contributed by atoms with E-state index in [0.29, 0.717) is 50.7 Å². The number of piperidine rings is 1. The van der Waals surface area contributed by atoms with Crippen LogP contribution in [0.4, 0.5) is 9.18 Å². The number of halogens is 1. The average molecular weight is 619 g/mol. The van der Waals surface area contributed by atoms with Crippen LogP contribution in [0.2, 0.25) is 0 Å². The minimum absolute atomic E-state index is 0.0313. The lowest BCUT2D eigenvalue weighted by Gasteiger charge is -2.52. The van der Waals surface area contributed by atoms with Crippen molar-refractivity contribution in [3.05, 3.63) is 41.5 Å². The highest BCUT2D eigenvalue weighted by Crippen LogP contribution is 2.38. The highest BCUT2D eigenvalue weighted by atomic mass is 32.2. The Kier molecular flexibility index (Phi) is 10.4. The van der Waals surface area contributed by atoms with E-state index in [1.165, 1.54) is 27.4 Å². The summed E-state index contributed by atoms with van der Waals surface area (Å²) in [5.74, 6) is -1.27. The molecule has 11 nitrogen and oxygen atoms in total. The minimum atomic E-state index is -1.13. The molecule has 2 fully saturated rings. The smallest absolute Gasteiger partial charge is 0.407 e. The zero-order valence-electron chi connectivity index (χ0n) is 25.8. The van der Waals surface area contributed by atoms with Gasteiger partial charge >= 0.3 is 6.09 Å². The van der Waals surface area contributed by atoms with Crippen LogP contribution in [-0.4, -0.2) is 110 Å². The number of benzene rings is 1. The first kappa shape index (κ1) is 32.7. The van der Waals surface area contributed by atoms with Crippen LogP contribution in [-0.2, 0) is 15.3 Å². The van der Waals surface area contributed by atoms with E-state index in [-0.39, 0.29) is 29.8 Å². The fraction of sp³-hybridized carbons (Fsp3) is 0.633. The third kappa shape index (κ3) is 7.14. The zero-order valence-corrected chi connectivity index (χ0v) is 26.6. The fourth-order valence-corrected chi connectivity index (χ4v) is 6.80. The van der Waals surface area contributed by atoms with Gasteiger partial charge in [-0.15, -0.1) is 5.10 Å². The first-order valence-corrected chi connectivity index (χ1v) is 16.1. The number of nitrogens with zero attached hydrogens (tertiary/aromatic N) is 6. The van der Waals surface area contributed by atoms with Gasteiger partial charge in [-0.2, -0.15) is 11.8 Å². The molecule has 0 bridgehead atoms. The first-order valence-electron chi connectivity index (χ1n) is 14.7. The molecule has 3 amide bonds. The molecule has 1 N–H and O–H groups in total. The van der Waals surface area contributed by atoms with Gasteiger partial charge in [0.25, 0.3) is 5.91 Å². The van der Waals surface area contributed by atoms with Crippen molar-refractivity contribution in [3.8, 4) is 5.69 Å². The topological polar surface area (TPSA) is 121 Å². The third-order valence-electron chi connectivity index (χ3n) is 8.00. The summed E-state index contributed by atoms with van der Waals surface area (Å²) in [6.07, 6.45) is 1.05. The number of morpholine rings is 1. The Morgan fingerprint density at radius 1 is 1.19 bits per heavy atom. The lowest BCUT2D eigenvalue weighted by atomic mass is 9.74. The molecule has 0 spiro atoms. The second kappa shape index (κ2) is 13.6. The third-order valence-corrected chi connectivity index (χ3v) is 8.56. The monoisotopic (exact) mass is 618 g/mol. The Balaban J connectivity index is 1.80. The summed E-state index contributed by atoms with van der Waals surface area (Å²) in [5.41, 5.74) is 0.176. The number of carbonyl (C=O) groups is 3. The standard InChI is InChI=1S/C30H43FN6O5S/c1-19(2)16-35(28(39)25-24(18-43-6)37(33-32-25)22-10-8-7-9-21(22)31)23-15-20(27(38)34-11-13-42-14-12-34)17-36(29(40)41)26(23)30(3,4)5/h7-10,19-20,23,26H,11-18H2,1-6H3,(H,40,41)/t20-,23+,26?/m1/s1. The van der Waals surface area contributed by atoms with Crippen LogP contribution in [0.1, 0.15) is 57.2 Å². The van der Waals surface area contributed by atoms with Gasteiger partial charge in [-0.05, 0) is 36.1 Å². The van der Waals surface area contributed by atoms with Gasteiger partial charge in [0.2, 0.25) is 5.91 Å². The van der Waals surface area contributed by atoms with Gasteiger partial charge in [0, 0.05) is 31.9 Å². The summed E-state index contributed by atoms with van der Waals surface area (Å²) in [5, 5.41) is 18.9. The quantitative estimate of drug-likeness (QED) is 0.471. The molecule has 3 heterocycles. The number of carbonyl (C=O) groups excluding carboxylic acids is 2. The van der Waals surface area contributed by atoms with Gasteiger partial charge in [-0.25, -0.2) is 13.9 Å². The van der Waals surface area contributed by atoms with E-state index >= 15 is 0 Å². The molecule has 1 aromatic heterocycles. The van der Waals surface area contributed by atoms with Crippen molar-refractivity contribution in [2.45, 2.75) is 58.9 Å². The van der Waals surface area contributed by atoms with Crippen molar-refractivity contribution in [1.29, 1.82) is 0 Å². The molecule has 2 saturated heterocycles. The minimum Gasteiger partial charge on any atom is -0.465 e. The molecule has 236 valence electrons. The maximum absolute atomic E-state index is 14.8. The number of aromatic nitrogens is 3. The molecule has 0 aliphatic carbocycles. The van der Waals surface area contributed by atoms with E-state index in [9.17, 15) is 23.9 Å². The van der Waals surface area contributed by atoms with Gasteiger partial charge in [0.05, 0.1) is 36.9 Å². The molecule has 1 unspecified atom stereocenters. The van der Waals surface area contributed by atoms with Crippen molar-refractivity contribution < 1.29 is 28.6 Å². The summed E-state index contributed by atoms with van der Waals surface area (Å²) < 4.78 is 21.6. The Morgan fingerprint density at radius 3 is 2.44 bits per heavy atom.